The maximum absolute atomic E-state index is 12.3. The van der Waals surface area contributed by atoms with Gasteiger partial charge in [0.1, 0.15) is 17.8 Å². The number of hydrogen-bond acceptors (Lipinski definition) is 4. The lowest BCUT2D eigenvalue weighted by molar-refractivity contribution is 0.102. The number of anilines is 2. The van der Waals surface area contributed by atoms with Crippen LogP contribution in [0.25, 0.3) is 0 Å². The third kappa shape index (κ3) is 3.56. The summed E-state index contributed by atoms with van der Waals surface area (Å²) in [6, 6.07) is 8.13. The molecule has 0 spiro atoms. The van der Waals surface area contributed by atoms with Crippen LogP contribution in [0.1, 0.15) is 34.5 Å². The van der Waals surface area contributed by atoms with Crippen molar-refractivity contribution in [3.05, 3.63) is 47.4 Å². The number of aryl methyl sites for hydroxylation is 2. The van der Waals surface area contributed by atoms with E-state index < -0.39 is 0 Å². The highest BCUT2D eigenvalue weighted by Crippen LogP contribution is 2.23. The smallest absolute Gasteiger partial charge is 0.274 e. The van der Waals surface area contributed by atoms with Gasteiger partial charge in [0.15, 0.2) is 0 Å². The Morgan fingerprint density at radius 2 is 1.81 bits per heavy atom. The molecule has 1 saturated carbocycles. The van der Waals surface area contributed by atoms with Crippen LogP contribution in [0.2, 0.25) is 0 Å². The molecule has 1 heterocycles. The molecule has 0 saturated heterocycles. The molecule has 0 bridgehead atoms. The van der Waals surface area contributed by atoms with Gasteiger partial charge in [-0.25, -0.2) is 9.97 Å². The van der Waals surface area contributed by atoms with Gasteiger partial charge in [-0.3, -0.25) is 4.79 Å². The van der Waals surface area contributed by atoms with Crippen LogP contribution in [0.15, 0.2) is 30.6 Å². The number of benzene rings is 1. The summed E-state index contributed by atoms with van der Waals surface area (Å²) in [5, 5.41) is 6.14. The van der Waals surface area contributed by atoms with E-state index in [1.807, 2.05) is 26.0 Å². The van der Waals surface area contributed by atoms with Crippen molar-refractivity contribution in [1.29, 1.82) is 0 Å². The SMILES string of the molecule is Cc1cc(C)cc(NC(=O)c2cc(NC3CC3)ncn2)c1. The molecule has 1 aliphatic carbocycles. The van der Waals surface area contributed by atoms with Crippen LogP contribution in [0.4, 0.5) is 11.5 Å². The standard InChI is InChI=1S/C16H18N4O/c1-10-5-11(2)7-13(6-10)20-16(21)14-8-15(18-9-17-14)19-12-3-4-12/h5-9,12H,3-4H2,1-2H3,(H,20,21)(H,17,18,19). The lowest BCUT2D eigenvalue weighted by atomic mass is 10.1. The van der Waals surface area contributed by atoms with Gasteiger partial charge < -0.3 is 10.6 Å². The Kier molecular flexibility index (Phi) is 3.56. The molecule has 1 aliphatic rings. The Labute approximate surface area is 123 Å². The summed E-state index contributed by atoms with van der Waals surface area (Å²) in [6.45, 7) is 4.01. The number of nitrogens with zero attached hydrogens (tertiary/aromatic N) is 2. The van der Waals surface area contributed by atoms with E-state index in [1.165, 1.54) is 6.33 Å². The van der Waals surface area contributed by atoms with E-state index >= 15 is 0 Å². The molecule has 1 fully saturated rings. The van der Waals surface area contributed by atoms with Crippen LogP contribution < -0.4 is 10.6 Å². The highest BCUT2D eigenvalue weighted by atomic mass is 16.1. The second-order valence-electron chi connectivity index (χ2n) is 5.54. The van der Waals surface area contributed by atoms with Crippen molar-refractivity contribution in [3.8, 4) is 0 Å². The second kappa shape index (κ2) is 5.52. The molecular weight excluding hydrogens is 264 g/mol. The van der Waals surface area contributed by atoms with Crippen LogP contribution in [0.5, 0.6) is 0 Å². The average Bonchev–Trinajstić information content (AvgIpc) is 3.21. The fraction of sp³-hybridized carbons (Fsp3) is 0.312. The zero-order valence-electron chi connectivity index (χ0n) is 12.2. The first-order valence-corrected chi connectivity index (χ1v) is 7.08. The second-order valence-corrected chi connectivity index (χ2v) is 5.54. The zero-order valence-corrected chi connectivity index (χ0v) is 12.2. The van der Waals surface area contributed by atoms with Crippen molar-refractivity contribution >= 4 is 17.4 Å². The van der Waals surface area contributed by atoms with Crippen LogP contribution in [0.3, 0.4) is 0 Å². The molecule has 0 radical (unpaired) electrons. The Morgan fingerprint density at radius 3 is 2.48 bits per heavy atom. The van der Waals surface area contributed by atoms with Crippen LogP contribution in [0, 0.1) is 13.8 Å². The molecular formula is C16H18N4O. The van der Waals surface area contributed by atoms with Gasteiger partial charge in [-0.05, 0) is 49.9 Å². The molecule has 1 aromatic heterocycles. The van der Waals surface area contributed by atoms with Gasteiger partial charge in [-0.1, -0.05) is 6.07 Å². The number of aromatic nitrogens is 2. The number of carbonyl (C=O) groups excluding carboxylic acids is 1. The van der Waals surface area contributed by atoms with Crippen molar-refractivity contribution in [2.45, 2.75) is 32.7 Å². The van der Waals surface area contributed by atoms with Crippen molar-refractivity contribution in [1.82, 2.24) is 9.97 Å². The Morgan fingerprint density at radius 1 is 1.10 bits per heavy atom. The van der Waals surface area contributed by atoms with Gasteiger partial charge in [0.2, 0.25) is 0 Å². The minimum absolute atomic E-state index is 0.221. The number of rotatable bonds is 4. The monoisotopic (exact) mass is 282 g/mol. The lowest BCUT2D eigenvalue weighted by Gasteiger charge is -2.08. The van der Waals surface area contributed by atoms with Gasteiger partial charge >= 0.3 is 0 Å². The summed E-state index contributed by atoms with van der Waals surface area (Å²) < 4.78 is 0. The number of nitrogens with one attached hydrogen (secondary N) is 2. The summed E-state index contributed by atoms with van der Waals surface area (Å²) in [7, 11) is 0. The van der Waals surface area contributed by atoms with Crippen LogP contribution in [-0.2, 0) is 0 Å². The fourth-order valence-corrected chi connectivity index (χ4v) is 2.24. The molecule has 5 nitrogen and oxygen atoms in total. The molecule has 108 valence electrons. The van der Waals surface area contributed by atoms with E-state index in [1.54, 1.807) is 6.07 Å². The van der Waals surface area contributed by atoms with E-state index in [-0.39, 0.29) is 5.91 Å². The summed E-state index contributed by atoms with van der Waals surface area (Å²) >= 11 is 0. The molecule has 2 N–H and O–H groups in total. The first kappa shape index (κ1) is 13.5. The third-order valence-electron chi connectivity index (χ3n) is 3.31. The maximum atomic E-state index is 12.3. The first-order chi connectivity index (χ1) is 10.1. The lowest BCUT2D eigenvalue weighted by Crippen LogP contribution is -2.15. The van der Waals surface area contributed by atoms with Gasteiger partial charge in [-0.2, -0.15) is 0 Å². The van der Waals surface area contributed by atoms with Gasteiger partial charge in [-0.15, -0.1) is 0 Å². The minimum Gasteiger partial charge on any atom is -0.367 e. The van der Waals surface area contributed by atoms with Crippen molar-refractivity contribution in [3.63, 3.8) is 0 Å². The highest BCUT2D eigenvalue weighted by Gasteiger charge is 2.21. The van der Waals surface area contributed by atoms with Gasteiger partial charge in [0.05, 0.1) is 0 Å². The topological polar surface area (TPSA) is 66.9 Å². The predicted molar refractivity (Wildman–Crippen MR) is 82.5 cm³/mol. The average molecular weight is 282 g/mol. The number of carbonyl (C=O) groups is 1. The fourth-order valence-electron chi connectivity index (χ4n) is 2.24. The van der Waals surface area contributed by atoms with E-state index in [9.17, 15) is 4.79 Å². The summed E-state index contributed by atoms with van der Waals surface area (Å²) in [4.78, 5) is 20.4. The van der Waals surface area contributed by atoms with Crippen molar-refractivity contribution in [2.75, 3.05) is 10.6 Å². The molecule has 1 amide bonds. The number of amides is 1. The Bertz CT molecular complexity index is 659. The van der Waals surface area contributed by atoms with E-state index in [0.717, 1.165) is 29.7 Å². The third-order valence-corrected chi connectivity index (χ3v) is 3.31. The van der Waals surface area contributed by atoms with Gasteiger partial charge in [0, 0.05) is 17.8 Å². The number of hydrogen-bond donors (Lipinski definition) is 2. The van der Waals surface area contributed by atoms with Gasteiger partial charge in [0.25, 0.3) is 5.91 Å². The molecule has 2 aromatic rings. The normalized spacial score (nSPS) is 13.8. The highest BCUT2D eigenvalue weighted by molar-refractivity contribution is 6.03. The molecule has 1 aromatic carbocycles. The molecule has 3 rings (SSSR count). The maximum Gasteiger partial charge on any atom is 0.274 e. The molecule has 0 unspecified atom stereocenters. The molecule has 21 heavy (non-hydrogen) atoms. The summed E-state index contributed by atoms with van der Waals surface area (Å²) in [5.74, 6) is 0.485. The molecule has 0 aliphatic heterocycles. The predicted octanol–water partition coefficient (Wildman–Crippen LogP) is 2.92. The zero-order chi connectivity index (χ0) is 14.8. The van der Waals surface area contributed by atoms with Crippen molar-refractivity contribution < 1.29 is 4.79 Å². The molecule has 0 atom stereocenters. The van der Waals surface area contributed by atoms with Crippen LogP contribution in [-0.4, -0.2) is 21.9 Å². The summed E-state index contributed by atoms with van der Waals surface area (Å²) in [5.41, 5.74) is 3.38. The van der Waals surface area contributed by atoms with E-state index in [0.29, 0.717) is 17.6 Å². The Balaban J connectivity index is 1.74. The largest absolute Gasteiger partial charge is 0.367 e. The van der Waals surface area contributed by atoms with E-state index in [2.05, 4.69) is 26.7 Å². The van der Waals surface area contributed by atoms with Crippen molar-refractivity contribution in [2.24, 2.45) is 0 Å². The van der Waals surface area contributed by atoms with E-state index in [4.69, 9.17) is 0 Å². The van der Waals surface area contributed by atoms with Crippen LogP contribution >= 0.6 is 0 Å². The molecule has 5 heteroatoms. The summed E-state index contributed by atoms with van der Waals surface area (Å²) in [6.07, 6.45) is 3.74. The minimum atomic E-state index is -0.221. The Hall–Kier alpha value is -2.43. The first-order valence-electron chi connectivity index (χ1n) is 7.08. The quantitative estimate of drug-likeness (QED) is 0.904.